The van der Waals surface area contributed by atoms with E-state index in [1.165, 1.54) is 29.3 Å². The number of nitrogens with zero attached hydrogens (tertiary/aromatic N) is 4. The lowest BCUT2D eigenvalue weighted by molar-refractivity contribution is -0.130. The van der Waals surface area contributed by atoms with E-state index in [4.69, 9.17) is 0 Å². The van der Waals surface area contributed by atoms with E-state index in [-0.39, 0.29) is 5.91 Å². The second-order valence-corrected chi connectivity index (χ2v) is 7.97. The number of likely N-dealkylation sites (tertiary alicyclic amines) is 1. The van der Waals surface area contributed by atoms with Crippen LogP contribution in [0.25, 0.3) is 5.69 Å². The molecule has 1 fully saturated rings. The Kier molecular flexibility index (Phi) is 5.47. The van der Waals surface area contributed by atoms with Crippen LogP contribution in [0.15, 0.2) is 23.4 Å². The van der Waals surface area contributed by atoms with E-state index >= 15 is 0 Å². The van der Waals surface area contributed by atoms with Gasteiger partial charge in [-0.05, 0) is 56.7 Å². The molecular weight excluding hydrogens is 332 g/mol. The Morgan fingerprint density at radius 2 is 2.08 bits per heavy atom. The fourth-order valence-corrected chi connectivity index (χ4v) is 4.20. The van der Waals surface area contributed by atoms with Crippen LogP contribution in [-0.2, 0) is 4.79 Å². The lowest BCUT2D eigenvalue weighted by Crippen LogP contribution is -2.40. The SMILES string of the molecule is Cc1ccc(C)c(-n2c(C)nnc2SCC(=O)N2CCCC(C)C2)c1. The van der Waals surface area contributed by atoms with Gasteiger partial charge in [0.05, 0.1) is 11.4 Å². The molecule has 134 valence electrons. The van der Waals surface area contributed by atoms with E-state index < -0.39 is 0 Å². The van der Waals surface area contributed by atoms with Gasteiger partial charge in [0.15, 0.2) is 5.16 Å². The highest BCUT2D eigenvalue weighted by Gasteiger charge is 2.22. The third-order valence-electron chi connectivity index (χ3n) is 4.74. The summed E-state index contributed by atoms with van der Waals surface area (Å²) in [5.41, 5.74) is 3.46. The van der Waals surface area contributed by atoms with Gasteiger partial charge in [-0.3, -0.25) is 9.36 Å². The van der Waals surface area contributed by atoms with Gasteiger partial charge in [0, 0.05) is 13.1 Å². The van der Waals surface area contributed by atoms with E-state index in [0.717, 1.165) is 36.2 Å². The standard InChI is InChI=1S/C19H26N4OS/c1-13-7-8-15(3)17(10-13)23-16(4)20-21-19(23)25-12-18(24)22-9-5-6-14(2)11-22/h7-8,10,14H,5-6,9,11-12H2,1-4H3. The zero-order valence-electron chi connectivity index (χ0n) is 15.5. The topological polar surface area (TPSA) is 51.0 Å². The average molecular weight is 359 g/mol. The van der Waals surface area contributed by atoms with Gasteiger partial charge in [-0.2, -0.15) is 0 Å². The van der Waals surface area contributed by atoms with Crippen molar-refractivity contribution in [2.45, 2.75) is 45.7 Å². The summed E-state index contributed by atoms with van der Waals surface area (Å²) in [6, 6.07) is 6.36. The number of amides is 1. The van der Waals surface area contributed by atoms with Crippen LogP contribution in [0.5, 0.6) is 0 Å². The monoisotopic (exact) mass is 358 g/mol. The minimum Gasteiger partial charge on any atom is -0.342 e. The van der Waals surface area contributed by atoms with Crippen LogP contribution in [0.4, 0.5) is 0 Å². The lowest BCUT2D eigenvalue weighted by Gasteiger charge is -2.30. The van der Waals surface area contributed by atoms with E-state index in [2.05, 4.69) is 53.7 Å². The Morgan fingerprint density at radius 1 is 1.28 bits per heavy atom. The van der Waals surface area contributed by atoms with Crippen molar-refractivity contribution in [3.63, 3.8) is 0 Å². The number of benzene rings is 1. The Morgan fingerprint density at radius 3 is 2.84 bits per heavy atom. The first kappa shape index (κ1) is 18.0. The van der Waals surface area contributed by atoms with Crippen LogP contribution in [0.2, 0.25) is 0 Å². The Bertz CT molecular complexity index is 771. The average Bonchev–Trinajstić information content (AvgIpc) is 2.95. The maximum absolute atomic E-state index is 12.5. The molecule has 0 spiro atoms. The summed E-state index contributed by atoms with van der Waals surface area (Å²) in [6.45, 7) is 10.1. The summed E-state index contributed by atoms with van der Waals surface area (Å²) in [4.78, 5) is 14.5. The Labute approximate surface area is 153 Å². The molecule has 1 aromatic heterocycles. The highest BCUT2D eigenvalue weighted by Crippen LogP contribution is 2.25. The zero-order valence-corrected chi connectivity index (χ0v) is 16.3. The van der Waals surface area contributed by atoms with Crippen LogP contribution >= 0.6 is 11.8 Å². The molecule has 25 heavy (non-hydrogen) atoms. The molecule has 0 aliphatic carbocycles. The summed E-state index contributed by atoms with van der Waals surface area (Å²) < 4.78 is 2.05. The number of thioether (sulfide) groups is 1. The molecule has 1 aromatic carbocycles. The molecule has 0 radical (unpaired) electrons. The molecule has 6 heteroatoms. The molecule has 2 aromatic rings. The quantitative estimate of drug-likeness (QED) is 0.785. The molecule has 2 heterocycles. The molecule has 0 N–H and O–H groups in total. The fourth-order valence-electron chi connectivity index (χ4n) is 3.31. The predicted molar refractivity (Wildman–Crippen MR) is 101 cm³/mol. The maximum Gasteiger partial charge on any atom is 0.233 e. The highest BCUT2D eigenvalue weighted by molar-refractivity contribution is 7.99. The minimum absolute atomic E-state index is 0.199. The van der Waals surface area contributed by atoms with E-state index in [1.54, 1.807) is 0 Å². The van der Waals surface area contributed by atoms with E-state index in [1.807, 2.05) is 11.8 Å². The fraction of sp³-hybridized carbons (Fsp3) is 0.526. The molecule has 1 amide bonds. The van der Waals surface area contributed by atoms with Crippen molar-refractivity contribution in [3.8, 4) is 5.69 Å². The first-order valence-corrected chi connectivity index (χ1v) is 9.84. The third-order valence-corrected chi connectivity index (χ3v) is 5.65. The van der Waals surface area contributed by atoms with Gasteiger partial charge in [0.25, 0.3) is 0 Å². The molecule has 1 aliphatic rings. The molecule has 1 atom stereocenters. The van der Waals surface area contributed by atoms with E-state index in [9.17, 15) is 4.79 Å². The second-order valence-electron chi connectivity index (χ2n) is 7.03. The summed E-state index contributed by atoms with van der Waals surface area (Å²) >= 11 is 1.48. The number of piperidine rings is 1. The molecule has 1 aliphatic heterocycles. The van der Waals surface area contributed by atoms with Crippen LogP contribution in [0.1, 0.15) is 36.7 Å². The zero-order chi connectivity index (χ0) is 18.0. The van der Waals surface area contributed by atoms with E-state index in [0.29, 0.717) is 11.7 Å². The normalized spacial score (nSPS) is 17.8. The summed E-state index contributed by atoms with van der Waals surface area (Å²) in [6.07, 6.45) is 2.33. The first-order valence-electron chi connectivity index (χ1n) is 8.86. The highest BCUT2D eigenvalue weighted by atomic mass is 32.2. The van der Waals surface area contributed by atoms with Gasteiger partial charge in [-0.15, -0.1) is 10.2 Å². The first-order chi connectivity index (χ1) is 12.0. The number of rotatable bonds is 4. The summed E-state index contributed by atoms with van der Waals surface area (Å²) in [5.74, 6) is 2.05. The van der Waals surface area contributed by atoms with Crippen molar-refractivity contribution in [3.05, 3.63) is 35.2 Å². The molecule has 5 nitrogen and oxygen atoms in total. The molecule has 0 saturated carbocycles. The van der Waals surface area contributed by atoms with Gasteiger partial charge in [0.2, 0.25) is 5.91 Å². The van der Waals surface area contributed by atoms with Gasteiger partial charge in [-0.25, -0.2) is 0 Å². The summed E-state index contributed by atoms with van der Waals surface area (Å²) in [7, 11) is 0. The predicted octanol–water partition coefficient (Wildman–Crippen LogP) is 3.54. The smallest absolute Gasteiger partial charge is 0.233 e. The minimum atomic E-state index is 0.199. The second kappa shape index (κ2) is 7.60. The molecule has 0 bridgehead atoms. The molecular formula is C19H26N4OS. The number of hydrogen-bond donors (Lipinski definition) is 0. The van der Waals surface area contributed by atoms with Gasteiger partial charge in [-0.1, -0.05) is 30.8 Å². The van der Waals surface area contributed by atoms with Crippen molar-refractivity contribution < 1.29 is 4.79 Å². The Balaban J connectivity index is 1.76. The maximum atomic E-state index is 12.5. The van der Waals surface area contributed by atoms with Gasteiger partial charge >= 0.3 is 0 Å². The number of aromatic nitrogens is 3. The summed E-state index contributed by atoms with van der Waals surface area (Å²) in [5, 5.41) is 9.32. The van der Waals surface area contributed by atoms with Crippen LogP contribution in [0, 0.1) is 26.7 Å². The van der Waals surface area contributed by atoms with Crippen molar-refractivity contribution in [1.29, 1.82) is 0 Å². The number of carbonyl (C=O) groups excluding carboxylic acids is 1. The largest absolute Gasteiger partial charge is 0.342 e. The van der Waals surface area contributed by atoms with Crippen molar-refractivity contribution in [2.75, 3.05) is 18.8 Å². The Hall–Kier alpha value is -1.82. The molecule has 1 saturated heterocycles. The van der Waals surface area contributed by atoms with Crippen LogP contribution in [0.3, 0.4) is 0 Å². The van der Waals surface area contributed by atoms with Crippen LogP contribution in [-0.4, -0.2) is 44.4 Å². The van der Waals surface area contributed by atoms with Crippen molar-refractivity contribution in [2.24, 2.45) is 5.92 Å². The molecule has 3 rings (SSSR count). The molecule has 1 unspecified atom stereocenters. The van der Waals surface area contributed by atoms with Gasteiger partial charge < -0.3 is 4.90 Å². The number of aryl methyl sites for hydroxylation is 3. The lowest BCUT2D eigenvalue weighted by atomic mass is 10.0. The van der Waals surface area contributed by atoms with Crippen molar-refractivity contribution >= 4 is 17.7 Å². The van der Waals surface area contributed by atoms with Gasteiger partial charge in [0.1, 0.15) is 5.82 Å². The number of hydrogen-bond acceptors (Lipinski definition) is 4. The van der Waals surface area contributed by atoms with Crippen molar-refractivity contribution in [1.82, 2.24) is 19.7 Å². The number of carbonyl (C=O) groups is 1. The third kappa shape index (κ3) is 4.06. The van der Waals surface area contributed by atoms with Crippen LogP contribution < -0.4 is 0 Å².